The predicted molar refractivity (Wildman–Crippen MR) is 96.0 cm³/mol. The molecule has 1 unspecified atom stereocenters. The molecule has 0 radical (unpaired) electrons. The Kier molecular flexibility index (Phi) is 4.90. The lowest BCUT2D eigenvalue weighted by atomic mass is 9.84. The second-order valence-electron chi connectivity index (χ2n) is 6.03. The van der Waals surface area contributed by atoms with Gasteiger partial charge in [0, 0.05) is 5.39 Å². The Morgan fingerprint density at radius 1 is 1.42 bits per heavy atom. The number of aromatic nitrogens is 1. The third-order valence-electron chi connectivity index (χ3n) is 4.53. The van der Waals surface area contributed by atoms with E-state index in [2.05, 4.69) is 4.98 Å². The highest BCUT2D eigenvalue weighted by Crippen LogP contribution is 2.45. The van der Waals surface area contributed by atoms with Crippen molar-refractivity contribution in [3.05, 3.63) is 45.6 Å². The molecule has 24 heavy (non-hydrogen) atoms. The van der Waals surface area contributed by atoms with E-state index in [-0.39, 0.29) is 6.42 Å². The zero-order chi connectivity index (χ0) is 17.3. The fourth-order valence-electron chi connectivity index (χ4n) is 3.51. The van der Waals surface area contributed by atoms with Crippen LogP contribution in [-0.4, -0.2) is 22.7 Å². The Bertz CT molecular complexity index is 812. The van der Waals surface area contributed by atoms with Gasteiger partial charge in [0.15, 0.2) is 0 Å². The number of carboxylic acids is 1. The van der Waals surface area contributed by atoms with Gasteiger partial charge >= 0.3 is 5.97 Å². The maximum atomic E-state index is 11.5. The number of ether oxygens (including phenoxy) is 1. The SMILES string of the molecule is C/C=C/CCC1(CC(=O)O)OCCc2c1[nH]c1c(Cl)ccc(Cl)c21. The number of hydrogen-bond acceptors (Lipinski definition) is 2. The standard InChI is InChI=1S/C18H19Cl2NO3/c1-2-3-4-8-18(10-14(22)23)17-11(7-9-24-18)15-12(19)5-6-13(20)16(15)21-17/h2-3,5-6,21H,4,7-10H2,1H3,(H,22,23)/b3-2+. The van der Waals surface area contributed by atoms with Crippen LogP contribution in [-0.2, 0) is 21.6 Å². The van der Waals surface area contributed by atoms with Crippen molar-refractivity contribution in [3.63, 3.8) is 0 Å². The number of carboxylic acid groups (broad SMARTS) is 1. The quantitative estimate of drug-likeness (QED) is 0.724. The van der Waals surface area contributed by atoms with E-state index in [1.54, 1.807) is 12.1 Å². The molecule has 1 aliphatic rings. The molecule has 1 aromatic carbocycles. The van der Waals surface area contributed by atoms with E-state index in [9.17, 15) is 9.90 Å². The summed E-state index contributed by atoms with van der Waals surface area (Å²) in [7, 11) is 0. The molecule has 0 spiro atoms. The lowest BCUT2D eigenvalue weighted by Gasteiger charge is -2.36. The van der Waals surface area contributed by atoms with Gasteiger partial charge in [-0.1, -0.05) is 35.4 Å². The van der Waals surface area contributed by atoms with Crippen LogP contribution in [0.25, 0.3) is 10.9 Å². The highest BCUT2D eigenvalue weighted by Gasteiger charge is 2.42. The number of benzene rings is 1. The molecule has 1 aromatic heterocycles. The van der Waals surface area contributed by atoms with E-state index in [1.807, 2.05) is 19.1 Å². The molecule has 1 atom stereocenters. The van der Waals surface area contributed by atoms with Gasteiger partial charge in [0.05, 0.1) is 34.3 Å². The molecule has 2 N–H and O–H groups in total. The summed E-state index contributed by atoms with van der Waals surface area (Å²) in [5, 5.41) is 11.5. The number of hydrogen-bond donors (Lipinski definition) is 2. The largest absolute Gasteiger partial charge is 0.481 e. The van der Waals surface area contributed by atoms with Crippen LogP contribution in [0.1, 0.15) is 37.4 Å². The summed E-state index contributed by atoms with van der Waals surface area (Å²) in [6, 6.07) is 3.52. The van der Waals surface area contributed by atoms with E-state index in [0.717, 1.165) is 28.6 Å². The minimum Gasteiger partial charge on any atom is -0.481 e. The molecule has 2 heterocycles. The lowest BCUT2D eigenvalue weighted by molar-refractivity contribution is -0.149. The molecule has 0 saturated carbocycles. The molecule has 0 aliphatic carbocycles. The van der Waals surface area contributed by atoms with Gasteiger partial charge in [-0.3, -0.25) is 4.79 Å². The second kappa shape index (κ2) is 6.79. The Hall–Kier alpha value is -1.49. The monoisotopic (exact) mass is 367 g/mol. The van der Waals surface area contributed by atoms with Gasteiger partial charge in [0.1, 0.15) is 5.60 Å². The van der Waals surface area contributed by atoms with Gasteiger partial charge in [0.2, 0.25) is 0 Å². The number of aromatic amines is 1. The zero-order valence-corrected chi connectivity index (χ0v) is 14.9. The average molecular weight is 368 g/mol. The van der Waals surface area contributed by atoms with Crippen LogP contribution in [0.4, 0.5) is 0 Å². The van der Waals surface area contributed by atoms with Crippen molar-refractivity contribution in [1.29, 1.82) is 0 Å². The first kappa shape index (κ1) is 17.3. The summed E-state index contributed by atoms with van der Waals surface area (Å²) < 4.78 is 6.03. The van der Waals surface area contributed by atoms with Crippen molar-refractivity contribution in [2.75, 3.05) is 6.61 Å². The molecular formula is C18H19Cl2NO3. The zero-order valence-electron chi connectivity index (χ0n) is 13.4. The van der Waals surface area contributed by atoms with Crippen LogP contribution in [0.2, 0.25) is 10.0 Å². The van der Waals surface area contributed by atoms with Gasteiger partial charge in [0.25, 0.3) is 0 Å². The van der Waals surface area contributed by atoms with Gasteiger partial charge in [-0.25, -0.2) is 0 Å². The fraction of sp³-hybridized carbons (Fsp3) is 0.389. The number of H-pyrrole nitrogens is 1. The first-order valence-electron chi connectivity index (χ1n) is 7.94. The summed E-state index contributed by atoms with van der Waals surface area (Å²) in [4.78, 5) is 14.8. The number of aliphatic carboxylic acids is 1. The molecule has 0 saturated heterocycles. The normalized spacial score (nSPS) is 20.6. The van der Waals surface area contributed by atoms with Crippen molar-refractivity contribution < 1.29 is 14.6 Å². The summed E-state index contributed by atoms with van der Waals surface area (Å²) in [6.45, 7) is 2.41. The maximum absolute atomic E-state index is 11.5. The van der Waals surface area contributed by atoms with Crippen LogP contribution >= 0.6 is 23.2 Å². The number of allylic oxidation sites excluding steroid dienone is 2. The minimum atomic E-state index is -0.890. The van der Waals surface area contributed by atoms with Crippen LogP contribution in [0.3, 0.4) is 0 Å². The van der Waals surface area contributed by atoms with E-state index < -0.39 is 11.6 Å². The molecule has 4 nitrogen and oxygen atoms in total. The summed E-state index contributed by atoms with van der Waals surface area (Å²) in [5.74, 6) is -0.890. The van der Waals surface area contributed by atoms with E-state index >= 15 is 0 Å². The van der Waals surface area contributed by atoms with E-state index in [4.69, 9.17) is 27.9 Å². The Morgan fingerprint density at radius 3 is 2.88 bits per heavy atom. The van der Waals surface area contributed by atoms with Crippen molar-refractivity contribution in [2.24, 2.45) is 0 Å². The summed E-state index contributed by atoms with van der Waals surface area (Å²) in [6.07, 6.45) is 5.87. The van der Waals surface area contributed by atoms with Gasteiger partial charge in [-0.15, -0.1) is 0 Å². The topological polar surface area (TPSA) is 62.3 Å². The summed E-state index contributed by atoms with van der Waals surface area (Å²) in [5.41, 5.74) is 1.68. The number of halogens is 2. The molecule has 0 bridgehead atoms. The van der Waals surface area contributed by atoms with E-state index in [0.29, 0.717) is 29.5 Å². The van der Waals surface area contributed by atoms with Crippen LogP contribution in [0, 0.1) is 0 Å². The number of nitrogens with one attached hydrogen (secondary N) is 1. The third kappa shape index (κ3) is 2.94. The highest BCUT2D eigenvalue weighted by molar-refractivity contribution is 6.40. The van der Waals surface area contributed by atoms with Gasteiger partial charge in [-0.05, 0) is 43.9 Å². The Morgan fingerprint density at radius 2 is 2.17 bits per heavy atom. The van der Waals surface area contributed by atoms with Crippen LogP contribution in [0.15, 0.2) is 24.3 Å². The Balaban J connectivity index is 2.19. The molecule has 3 rings (SSSR count). The number of carbonyl (C=O) groups is 1. The maximum Gasteiger partial charge on any atom is 0.306 e. The van der Waals surface area contributed by atoms with Crippen molar-refractivity contribution in [3.8, 4) is 0 Å². The van der Waals surface area contributed by atoms with E-state index in [1.165, 1.54) is 0 Å². The predicted octanol–water partition coefficient (Wildman–Crippen LogP) is 5.07. The second-order valence-corrected chi connectivity index (χ2v) is 6.84. The molecule has 0 amide bonds. The number of rotatable bonds is 5. The molecule has 2 aromatic rings. The molecular weight excluding hydrogens is 349 g/mol. The van der Waals surface area contributed by atoms with Crippen LogP contribution < -0.4 is 0 Å². The fourth-order valence-corrected chi connectivity index (χ4v) is 3.98. The van der Waals surface area contributed by atoms with Gasteiger partial charge < -0.3 is 14.8 Å². The average Bonchev–Trinajstić information content (AvgIpc) is 2.93. The van der Waals surface area contributed by atoms with Crippen LogP contribution in [0.5, 0.6) is 0 Å². The highest BCUT2D eigenvalue weighted by atomic mass is 35.5. The lowest BCUT2D eigenvalue weighted by Crippen LogP contribution is -2.37. The van der Waals surface area contributed by atoms with Crippen molar-refractivity contribution in [2.45, 2.75) is 38.2 Å². The van der Waals surface area contributed by atoms with Crippen molar-refractivity contribution >= 4 is 40.1 Å². The first-order valence-corrected chi connectivity index (χ1v) is 8.70. The smallest absolute Gasteiger partial charge is 0.306 e. The molecule has 128 valence electrons. The minimum absolute atomic E-state index is 0.0976. The third-order valence-corrected chi connectivity index (χ3v) is 5.16. The van der Waals surface area contributed by atoms with Crippen molar-refractivity contribution in [1.82, 2.24) is 4.98 Å². The Labute approximate surface area is 150 Å². The molecule has 0 fully saturated rings. The van der Waals surface area contributed by atoms with Gasteiger partial charge in [-0.2, -0.15) is 0 Å². The number of fused-ring (bicyclic) bond motifs is 3. The molecule has 6 heteroatoms. The first-order chi connectivity index (χ1) is 11.5. The summed E-state index contributed by atoms with van der Waals surface area (Å²) >= 11 is 12.7. The molecule has 1 aliphatic heterocycles.